The van der Waals surface area contributed by atoms with E-state index in [9.17, 15) is 0 Å². The zero-order chi connectivity index (χ0) is 20.3. The van der Waals surface area contributed by atoms with Gasteiger partial charge in [0.05, 0.1) is 0 Å². The topological polar surface area (TPSA) is 37.8 Å². The first-order valence-corrected chi connectivity index (χ1v) is 10.8. The Labute approximate surface area is 180 Å². The number of thiophene rings is 1. The molecule has 0 unspecified atom stereocenters. The third-order valence-corrected chi connectivity index (χ3v) is 6.25. The lowest BCUT2D eigenvalue weighted by molar-refractivity contribution is 1.12. The number of anilines is 1. The normalized spacial score (nSPS) is 11.0. The molecule has 5 rings (SSSR count). The summed E-state index contributed by atoms with van der Waals surface area (Å²) >= 11 is 1.76. The lowest BCUT2D eigenvalue weighted by Crippen LogP contribution is -2.02. The van der Waals surface area contributed by atoms with Crippen LogP contribution in [0.15, 0.2) is 90.7 Å². The molecule has 5 aromatic rings. The molecular formula is C26H21N3S. The van der Waals surface area contributed by atoms with E-state index in [1.807, 2.05) is 24.5 Å². The van der Waals surface area contributed by atoms with Crippen molar-refractivity contribution in [2.45, 2.75) is 13.5 Å². The van der Waals surface area contributed by atoms with Crippen LogP contribution in [0.4, 0.5) is 5.82 Å². The molecule has 0 bridgehead atoms. The SMILES string of the molecule is Cc1ccc(-c2csc3c(-c4cccnc4)cnc(NCc4ccccc4)c23)cc1. The Morgan fingerprint density at radius 1 is 0.833 bits per heavy atom. The number of hydrogen-bond acceptors (Lipinski definition) is 4. The van der Waals surface area contributed by atoms with Crippen LogP contribution in [-0.4, -0.2) is 9.97 Å². The van der Waals surface area contributed by atoms with E-state index < -0.39 is 0 Å². The largest absolute Gasteiger partial charge is 0.365 e. The molecule has 0 saturated carbocycles. The number of nitrogens with zero attached hydrogens (tertiary/aromatic N) is 2. The van der Waals surface area contributed by atoms with Gasteiger partial charge in [0.25, 0.3) is 0 Å². The standard InChI is InChI=1S/C26H21N3S/c1-18-9-11-20(12-10-18)23-17-30-25-22(21-8-5-13-27-15-21)16-29-26(24(23)25)28-14-19-6-3-2-4-7-19/h2-13,15-17H,14H2,1H3,(H,28,29). The minimum Gasteiger partial charge on any atom is -0.365 e. The summed E-state index contributed by atoms with van der Waals surface area (Å²) in [5.41, 5.74) is 7.11. The molecule has 3 aromatic heterocycles. The Morgan fingerprint density at radius 3 is 2.43 bits per heavy atom. The average Bonchev–Trinajstić information content (AvgIpc) is 3.25. The summed E-state index contributed by atoms with van der Waals surface area (Å²) in [5, 5.41) is 6.98. The number of rotatable bonds is 5. The zero-order valence-electron chi connectivity index (χ0n) is 16.7. The lowest BCUT2D eigenvalue weighted by atomic mass is 10.0. The molecule has 2 aromatic carbocycles. The summed E-state index contributed by atoms with van der Waals surface area (Å²) in [6, 6.07) is 23.2. The maximum Gasteiger partial charge on any atom is 0.135 e. The van der Waals surface area contributed by atoms with Crippen LogP contribution in [0.25, 0.3) is 32.3 Å². The van der Waals surface area contributed by atoms with E-state index in [1.165, 1.54) is 32.3 Å². The molecule has 1 N–H and O–H groups in total. The van der Waals surface area contributed by atoms with Gasteiger partial charge in [0.2, 0.25) is 0 Å². The molecule has 0 aliphatic rings. The predicted molar refractivity (Wildman–Crippen MR) is 127 cm³/mol. The number of nitrogens with one attached hydrogen (secondary N) is 1. The molecular weight excluding hydrogens is 386 g/mol. The second kappa shape index (κ2) is 8.09. The average molecular weight is 408 g/mol. The molecule has 3 nitrogen and oxygen atoms in total. The van der Waals surface area contributed by atoms with Crippen molar-refractivity contribution in [2.24, 2.45) is 0 Å². The Balaban J connectivity index is 1.65. The van der Waals surface area contributed by atoms with Gasteiger partial charge >= 0.3 is 0 Å². The highest BCUT2D eigenvalue weighted by atomic mass is 32.1. The summed E-state index contributed by atoms with van der Waals surface area (Å²) in [6.45, 7) is 2.85. The van der Waals surface area contributed by atoms with Gasteiger partial charge in [0.1, 0.15) is 5.82 Å². The highest BCUT2D eigenvalue weighted by Crippen LogP contribution is 2.42. The maximum absolute atomic E-state index is 4.84. The van der Waals surface area contributed by atoms with Crippen molar-refractivity contribution < 1.29 is 0 Å². The fourth-order valence-corrected chi connectivity index (χ4v) is 4.74. The van der Waals surface area contributed by atoms with Crippen molar-refractivity contribution >= 4 is 27.2 Å². The summed E-state index contributed by atoms with van der Waals surface area (Å²) in [4.78, 5) is 9.14. The molecule has 0 aliphatic heterocycles. The first kappa shape index (κ1) is 18.5. The van der Waals surface area contributed by atoms with E-state index in [2.05, 4.69) is 77.2 Å². The zero-order valence-corrected chi connectivity index (χ0v) is 17.5. The second-order valence-electron chi connectivity index (χ2n) is 7.32. The van der Waals surface area contributed by atoms with Crippen molar-refractivity contribution in [1.82, 2.24) is 9.97 Å². The van der Waals surface area contributed by atoms with E-state index in [0.29, 0.717) is 0 Å². The van der Waals surface area contributed by atoms with Crippen LogP contribution in [0.2, 0.25) is 0 Å². The highest BCUT2D eigenvalue weighted by molar-refractivity contribution is 7.18. The van der Waals surface area contributed by atoms with Crippen LogP contribution in [0.3, 0.4) is 0 Å². The van der Waals surface area contributed by atoms with Crippen molar-refractivity contribution in [3.8, 4) is 22.3 Å². The molecule has 0 aliphatic carbocycles. The van der Waals surface area contributed by atoms with Crippen molar-refractivity contribution in [3.05, 3.63) is 102 Å². The number of hydrogen-bond donors (Lipinski definition) is 1. The van der Waals surface area contributed by atoms with Crippen LogP contribution < -0.4 is 5.32 Å². The summed E-state index contributed by atoms with van der Waals surface area (Å²) < 4.78 is 1.23. The first-order valence-electron chi connectivity index (χ1n) is 9.95. The molecule has 30 heavy (non-hydrogen) atoms. The van der Waals surface area contributed by atoms with Crippen LogP contribution in [0.1, 0.15) is 11.1 Å². The van der Waals surface area contributed by atoms with E-state index in [0.717, 1.165) is 23.5 Å². The Hall–Kier alpha value is -3.50. The number of aromatic nitrogens is 2. The Bertz CT molecular complexity index is 1280. The first-order chi connectivity index (χ1) is 14.8. The maximum atomic E-state index is 4.84. The number of benzene rings is 2. The summed E-state index contributed by atoms with van der Waals surface area (Å²) in [5.74, 6) is 0.915. The quantitative estimate of drug-likeness (QED) is 0.343. The van der Waals surface area contributed by atoms with E-state index in [4.69, 9.17) is 4.98 Å². The monoisotopic (exact) mass is 407 g/mol. The van der Waals surface area contributed by atoms with Gasteiger partial charge < -0.3 is 5.32 Å². The summed E-state index contributed by atoms with van der Waals surface area (Å²) in [6.07, 6.45) is 5.66. The van der Waals surface area contributed by atoms with Gasteiger partial charge in [-0.25, -0.2) is 4.98 Å². The Morgan fingerprint density at radius 2 is 1.67 bits per heavy atom. The van der Waals surface area contributed by atoms with Gasteiger partial charge in [0, 0.05) is 51.9 Å². The van der Waals surface area contributed by atoms with Gasteiger partial charge in [-0.2, -0.15) is 0 Å². The fraction of sp³-hybridized carbons (Fsp3) is 0.0769. The molecule has 0 amide bonds. The van der Waals surface area contributed by atoms with Gasteiger partial charge in [-0.15, -0.1) is 11.3 Å². The lowest BCUT2D eigenvalue weighted by Gasteiger charge is -2.12. The van der Waals surface area contributed by atoms with Crippen LogP contribution in [-0.2, 0) is 6.54 Å². The van der Waals surface area contributed by atoms with Gasteiger partial charge in [-0.05, 0) is 29.5 Å². The van der Waals surface area contributed by atoms with Crippen molar-refractivity contribution in [3.63, 3.8) is 0 Å². The molecule has 0 atom stereocenters. The molecule has 146 valence electrons. The van der Waals surface area contributed by atoms with Gasteiger partial charge in [-0.1, -0.05) is 66.2 Å². The second-order valence-corrected chi connectivity index (χ2v) is 8.20. The fourth-order valence-electron chi connectivity index (χ4n) is 3.63. The third kappa shape index (κ3) is 3.58. The highest BCUT2D eigenvalue weighted by Gasteiger charge is 2.16. The number of pyridine rings is 2. The summed E-state index contributed by atoms with van der Waals surface area (Å²) in [7, 11) is 0. The van der Waals surface area contributed by atoms with Crippen LogP contribution in [0, 0.1) is 6.92 Å². The molecule has 4 heteroatoms. The molecule has 0 saturated heterocycles. The van der Waals surface area contributed by atoms with Crippen molar-refractivity contribution in [1.29, 1.82) is 0 Å². The van der Waals surface area contributed by atoms with E-state index in [1.54, 1.807) is 17.5 Å². The van der Waals surface area contributed by atoms with Crippen molar-refractivity contribution in [2.75, 3.05) is 5.32 Å². The predicted octanol–water partition coefficient (Wildman–Crippen LogP) is 6.95. The number of aryl methyl sites for hydroxylation is 1. The van der Waals surface area contributed by atoms with Crippen LogP contribution >= 0.6 is 11.3 Å². The minimum atomic E-state index is 0.734. The van der Waals surface area contributed by atoms with E-state index in [-0.39, 0.29) is 0 Å². The third-order valence-electron chi connectivity index (χ3n) is 5.23. The molecule has 0 radical (unpaired) electrons. The molecule has 0 spiro atoms. The molecule has 3 heterocycles. The smallest absolute Gasteiger partial charge is 0.135 e. The van der Waals surface area contributed by atoms with Crippen LogP contribution in [0.5, 0.6) is 0 Å². The van der Waals surface area contributed by atoms with E-state index >= 15 is 0 Å². The number of fused-ring (bicyclic) bond motifs is 1. The molecule has 0 fully saturated rings. The Kier molecular flexibility index (Phi) is 4.99. The minimum absolute atomic E-state index is 0.734. The van der Waals surface area contributed by atoms with Gasteiger partial charge in [0.15, 0.2) is 0 Å². The van der Waals surface area contributed by atoms with Gasteiger partial charge in [-0.3, -0.25) is 4.98 Å².